The molecule has 0 aromatic rings. The number of carbonyl (C=O) groups is 2. The minimum Gasteiger partial charge on any atom is -0.469 e. The first-order valence-electron chi connectivity index (χ1n) is 14.7. The van der Waals surface area contributed by atoms with Gasteiger partial charge in [0.1, 0.15) is 17.1 Å². The van der Waals surface area contributed by atoms with Gasteiger partial charge in [0.15, 0.2) is 25.0 Å². The summed E-state index contributed by atoms with van der Waals surface area (Å²) in [5.41, 5.74) is -1.17. The van der Waals surface area contributed by atoms with Crippen LogP contribution in [0.15, 0.2) is 12.2 Å². The van der Waals surface area contributed by atoms with Crippen molar-refractivity contribution in [2.75, 3.05) is 7.11 Å². The minimum absolute atomic E-state index is 0.0257. The lowest BCUT2D eigenvalue weighted by Gasteiger charge is -2.56. The Hall–Kier alpha value is -0.789. The Balaban J connectivity index is 1.82. The van der Waals surface area contributed by atoms with Gasteiger partial charge in [-0.15, -0.1) is 0 Å². The first-order valence-corrected chi connectivity index (χ1v) is 25.0. The first kappa shape index (κ1) is 29.7. The molecule has 5 rings (SSSR count). The van der Waals surface area contributed by atoms with Crippen molar-refractivity contribution < 1.29 is 32.3 Å². The number of allylic oxidation sites excluding steroid dienone is 1. The zero-order valence-corrected chi connectivity index (χ0v) is 28.9. The third kappa shape index (κ3) is 4.25. The number of fused-ring (bicyclic) bond motifs is 1. The van der Waals surface area contributed by atoms with Gasteiger partial charge in [-0.1, -0.05) is 12.2 Å². The van der Waals surface area contributed by atoms with E-state index in [2.05, 4.69) is 65.5 Å². The van der Waals surface area contributed by atoms with Crippen molar-refractivity contribution in [2.24, 2.45) is 34.5 Å². The number of hydrogen-bond donors (Lipinski definition) is 0. The zero-order chi connectivity index (χ0) is 29.1. The van der Waals surface area contributed by atoms with E-state index < -0.39 is 66.1 Å². The largest absolute Gasteiger partial charge is 0.469 e. The summed E-state index contributed by atoms with van der Waals surface area (Å²) in [5, 5.41) is 0. The van der Waals surface area contributed by atoms with Gasteiger partial charge in [-0.3, -0.25) is 9.59 Å². The second kappa shape index (κ2) is 8.86. The number of hydrogen-bond acceptors (Lipinski definition) is 7. The maximum Gasteiger partial charge on any atom is 0.315 e. The van der Waals surface area contributed by atoms with Gasteiger partial charge in [-0.2, -0.15) is 0 Å². The highest BCUT2D eigenvalue weighted by Gasteiger charge is 2.88. The van der Waals surface area contributed by atoms with E-state index in [1.165, 1.54) is 12.7 Å². The Kier molecular flexibility index (Phi) is 6.75. The highest BCUT2D eigenvalue weighted by atomic mass is 28.4. The third-order valence-corrected chi connectivity index (χ3v) is 13.0. The predicted octanol–water partition coefficient (Wildman–Crippen LogP) is 5.74. The molecule has 0 aromatic carbocycles. The molecule has 39 heavy (non-hydrogen) atoms. The van der Waals surface area contributed by atoms with Gasteiger partial charge in [-0.05, 0) is 103 Å². The summed E-state index contributed by atoms with van der Waals surface area (Å²) in [4.78, 5) is 28.3. The molecule has 7 nitrogen and oxygen atoms in total. The molecule has 10 atom stereocenters. The van der Waals surface area contributed by atoms with Crippen LogP contribution in [0.5, 0.6) is 0 Å². The molecule has 0 amide bonds. The zero-order valence-electron chi connectivity index (χ0n) is 25.9. The fraction of sp³-hybridized carbons (Fsp3) is 0.862. The van der Waals surface area contributed by atoms with Crippen LogP contribution < -0.4 is 0 Å². The van der Waals surface area contributed by atoms with Gasteiger partial charge in [0, 0.05) is 11.8 Å². The van der Waals surface area contributed by atoms with E-state index in [-0.39, 0.29) is 23.3 Å². The van der Waals surface area contributed by atoms with Crippen molar-refractivity contribution in [3.63, 3.8) is 0 Å². The van der Waals surface area contributed by atoms with E-state index in [4.69, 9.17) is 22.8 Å². The number of ether oxygens (including phenoxy) is 2. The van der Waals surface area contributed by atoms with Crippen LogP contribution in [0.25, 0.3) is 0 Å². The molecule has 4 saturated carbocycles. The highest BCUT2D eigenvalue weighted by Crippen LogP contribution is 2.78. The Morgan fingerprint density at radius 1 is 0.923 bits per heavy atom. The van der Waals surface area contributed by atoms with Gasteiger partial charge >= 0.3 is 11.9 Å². The lowest BCUT2D eigenvalue weighted by Crippen LogP contribution is -2.72. The Bertz CT molecular complexity index is 1070. The average Bonchev–Trinajstić information content (AvgIpc) is 3.25. The van der Waals surface area contributed by atoms with E-state index in [1.54, 1.807) is 0 Å². The van der Waals surface area contributed by atoms with Crippen LogP contribution in [0.3, 0.4) is 0 Å². The van der Waals surface area contributed by atoms with Crippen molar-refractivity contribution in [3.05, 3.63) is 12.2 Å². The van der Waals surface area contributed by atoms with E-state index in [1.807, 2.05) is 6.92 Å². The average molecular weight is 595 g/mol. The highest BCUT2D eigenvalue weighted by molar-refractivity contribution is 6.70. The molecule has 5 fully saturated rings. The molecule has 10 heteroatoms. The fourth-order valence-corrected chi connectivity index (χ4v) is 12.7. The molecule has 0 aromatic heterocycles. The third-order valence-electron chi connectivity index (χ3n) is 10.1. The summed E-state index contributed by atoms with van der Waals surface area (Å²) in [6.45, 7) is 26.0. The van der Waals surface area contributed by atoms with Gasteiger partial charge in [-0.25, -0.2) is 0 Å². The van der Waals surface area contributed by atoms with Crippen molar-refractivity contribution >= 4 is 36.9 Å². The maximum absolute atomic E-state index is 14.4. The van der Waals surface area contributed by atoms with Crippen LogP contribution in [0, 0.1) is 34.5 Å². The summed E-state index contributed by atoms with van der Waals surface area (Å²) in [6.07, 6.45) is 1.99. The van der Waals surface area contributed by atoms with Gasteiger partial charge < -0.3 is 22.8 Å². The molecule has 1 spiro atoms. The van der Waals surface area contributed by atoms with E-state index in [0.717, 1.165) is 25.7 Å². The number of carbonyl (C=O) groups excluding carboxylic acids is 2. The molecular weight excluding hydrogens is 545 g/mol. The lowest BCUT2D eigenvalue weighted by molar-refractivity contribution is -0.203. The predicted molar refractivity (Wildman–Crippen MR) is 158 cm³/mol. The summed E-state index contributed by atoms with van der Waals surface area (Å²) in [5.74, 6) is -1.05. The van der Waals surface area contributed by atoms with Crippen LogP contribution in [-0.2, 0) is 32.3 Å². The summed E-state index contributed by atoms with van der Waals surface area (Å²) in [6, 6.07) is 0. The van der Waals surface area contributed by atoms with Crippen LogP contribution in [0.2, 0.25) is 58.9 Å². The molecule has 1 heterocycles. The fourth-order valence-electron chi connectivity index (χ4n) is 9.38. The molecule has 5 aliphatic rings. The van der Waals surface area contributed by atoms with Crippen LogP contribution in [-0.4, -0.2) is 67.9 Å². The Morgan fingerprint density at radius 2 is 1.49 bits per heavy atom. The minimum atomic E-state index is -2.19. The standard InChI is InChI=1S/C29H50O7Si3/c1-17-15-28-16-18(17)13-14-19(28)29-22(20(28)25(30)32-3)27(2,26(31)33-29)23(35-38(7,8)9)21(34-37(4,5)6)24(29)36-39(10,11)12/h18-24H,1,13-16H2,2-12H3/t18-,19?,20?,21+,22?,23+,24+,27?,28+,29-/m1/s1. The monoisotopic (exact) mass is 594 g/mol. The van der Waals surface area contributed by atoms with E-state index in [0.29, 0.717) is 5.92 Å². The molecule has 220 valence electrons. The van der Waals surface area contributed by atoms with Gasteiger partial charge in [0.2, 0.25) is 0 Å². The maximum atomic E-state index is 14.4. The molecule has 4 aliphatic carbocycles. The van der Waals surface area contributed by atoms with Crippen LogP contribution in [0.4, 0.5) is 0 Å². The molecule has 0 radical (unpaired) electrons. The molecule has 4 unspecified atom stereocenters. The quantitative estimate of drug-likeness (QED) is 0.211. The first-order chi connectivity index (χ1) is 17.7. The van der Waals surface area contributed by atoms with Gasteiger partial charge in [0.25, 0.3) is 0 Å². The normalized spacial score (nSPS) is 45.2. The van der Waals surface area contributed by atoms with E-state index in [9.17, 15) is 9.59 Å². The molecule has 4 bridgehead atoms. The number of esters is 2. The van der Waals surface area contributed by atoms with E-state index >= 15 is 0 Å². The lowest BCUT2D eigenvalue weighted by atomic mass is 9.57. The Labute approximate surface area is 238 Å². The van der Waals surface area contributed by atoms with Crippen LogP contribution in [0.1, 0.15) is 32.6 Å². The summed E-state index contributed by atoms with van der Waals surface area (Å²) >= 11 is 0. The van der Waals surface area contributed by atoms with Gasteiger partial charge in [0.05, 0.1) is 25.2 Å². The molecule has 0 N–H and O–H groups in total. The van der Waals surface area contributed by atoms with Crippen molar-refractivity contribution in [1.29, 1.82) is 0 Å². The van der Waals surface area contributed by atoms with Crippen molar-refractivity contribution in [3.8, 4) is 0 Å². The second-order valence-corrected chi connectivity index (χ2v) is 29.5. The molecule has 1 aliphatic heterocycles. The van der Waals surface area contributed by atoms with Crippen molar-refractivity contribution in [1.82, 2.24) is 0 Å². The SMILES string of the molecule is C=C1C[C@]23C[C@H]1CCC2[C@@]12OC(=O)C(C)(C1C3C(=O)OC)[C@@H](O[Si](C)(C)C)[C@H](O[Si](C)(C)C)[C@@H]2O[Si](C)(C)C. The summed E-state index contributed by atoms with van der Waals surface area (Å²) in [7, 11) is -5.03. The summed E-state index contributed by atoms with van der Waals surface area (Å²) < 4.78 is 33.6. The Morgan fingerprint density at radius 3 is 2.03 bits per heavy atom. The molecular formula is C29H50O7Si3. The topological polar surface area (TPSA) is 80.3 Å². The van der Waals surface area contributed by atoms with Crippen molar-refractivity contribution in [2.45, 2.75) is 115 Å². The second-order valence-electron chi connectivity index (χ2n) is 16.1. The van der Waals surface area contributed by atoms with Crippen LogP contribution >= 0.6 is 0 Å². The number of rotatable bonds is 7. The smallest absolute Gasteiger partial charge is 0.315 e. The molecule has 1 saturated heterocycles. The number of methoxy groups -OCH3 is 1.